The monoisotopic (exact) mass is 481 g/mol. The normalized spacial score (nSPS) is 25.7. The van der Waals surface area contributed by atoms with Gasteiger partial charge in [-0.1, -0.05) is 19.9 Å². The molecule has 0 radical (unpaired) electrons. The number of pyridine rings is 1. The summed E-state index contributed by atoms with van der Waals surface area (Å²) in [4.78, 5) is 33.2. The van der Waals surface area contributed by atoms with E-state index >= 15 is 0 Å². The van der Waals surface area contributed by atoms with Crippen molar-refractivity contribution in [2.24, 2.45) is 23.2 Å². The van der Waals surface area contributed by atoms with Crippen molar-refractivity contribution in [1.82, 2.24) is 24.9 Å². The third-order valence-corrected chi connectivity index (χ3v) is 9.02. The average molecular weight is 482 g/mol. The molecule has 0 spiro atoms. The number of piperidine rings is 1. The van der Waals surface area contributed by atoms with Crippen LogP contribution in [0.15, 0.2) is 24.4 Å². The lowest BCUT2D eigenvalue weighted by molar-refractivity contribution is -0.103. The lowest BCUT2D eigenvalue weighted by Gasteiger charge is -2.60. The van der Waals surface area contributed by atoms with Gasteiger partial charge in [0.25, 0.3) is 11.8 Å². The van der Waals surface area contributed by atoms with E-state index in [1.54, 1.807) is 23.8 Å². The third kappa shape index (κ3) is 4.58. The molecule has 4 fully saturated rings. The van der Waals surface area contributed by atoms with Crippen LogP contribution in [0.3, 0.4) is 0 Å². The Morgan fingerprint density at radius 3 is 2.74 bits per heavy atom. The van der Waals surface area contributed by atoms with Crippen LogP contribution in [-0.4, -0.2) is 72.0 Å². The fourth-order valence-electron chi connectivity index (χ4n) is 6.73. The number of methoxy groups -OCH3 is 1. The number of nitrogens with one attached hydrogen (secondary N) is 2. The molecule has 2 aromatic heterocycles. The first kappa shape index (κ1) is 24.3. The summed E-state index contributed by atoms with van der Waals surface area (Å²) in [6.45, 7) is 8.27. The minimum Gasteiger partial charge on any atom is -0.383 e. The van der Waals surface area contributed by atoms with Crippen molar-refractivity contribution in [2.75, 3.05) is 39.9 Å². The molecular formula is C27H39N5O3. The first-order chi connectivity index (χ1) is 16.9. The Bertz CT molecular complexity index is 1070. The maximum atomic E-state index is 13.5. The summed E-state index contributed by atoms with van der Waals surface area (Å²) in [5.41, 5.74) is 1.89. The molecule has 35 heavy (non-hydrogen) atoms. The van der Waals surface area contributed by atoms with E-state index in [9.17, 15) is 9.59 Å². The van der Waals surface area contributed by atoms with Crippen molar-refractivity contribution in [3.05, 3.63) is 35.8 Å². The molecule has 1 saturated heterocycles. The number of nitrogens with zero attached hydrogens (tertiary/aromatic N) is 3. The predicted molar refractivity (Wildman–Crippen MR) is 134 cm³/mol. The zero-order valence-electron chi connectivity index (χ0n) is 21.3. The zero-order valence-corrected chi connectivity index (χ0v) is 21.3. The number of carbonyl (C=O) groups is 2. The van der Waals surface area contributed by atoms with Crippen LogP contribution >= 0.6 is 0 Å². The van der Waals surface area contributed by atoms with Gasteiger partial charge < -0.3 is 20.3 Å². The van der Waals surface area contributed by atoms with Gasteiger partial charge in [-0.2, -0.15) is 0 Å². The number of ether oxygens (including phenoxy) is 1. The largest absolute Gasteiger partial charge is 0.383 e. The molecule has 190 valence electrons. The Morgan fingerprint density at radius 1 is 1.23 bits per heavy atom. The van der Waals surface area contributed by atoms with E-state index in [1.165, 1.54) is 19.3 Å². The summed E-state index contributed by atoms with van der Waals surface area (Å²) >= 11 is 0. The molecular weight excluding hydrogens is 442 g/mol. The van der Waals surface area contributed by atoms with Crippen molar-refractivity contribution < 1.29 is 14.3 Å². The van der Waals surface area contributed by atoms with Gasteiger partial charge in [-0.05, 0) is 80.5 Å². The number of amides is 2. The second-order valence-electron chi connectivity index (χ2n) is 11.1. The summed E-state index contributed by atoms with van der Waals surface area (Å²) in [7, 11) is 1.65. The number of fused-ring (bicyclic) bond motifs is 3. The first-order valence-corrected chi connectivity index (χ1v) is 13.2. The first-order valence-electron chi connectivity index (χ1n) is 13.2. The van der Waals surface area contributed by atoms with E-state index in [2.05, 4.69) is 29.5 Å². The highest BCUT2D eigenvalue weighted by Crippen LogP contribution is 2.61. The van der Waals surface area contributed by atoms with Crippen LogP contribution in [0.2, 0.25) is 0 Å². The summed E-state index contributed by atoms with van der Waals surface area (Å²) in [6.07, 6.45) is 7.30. The molecule has 4 aliphatic rings. The lowest BCUT2D eigenvalue weighted by atomic mass is 9.45. The Balaban J connectivity index is 1.31. The van der Waals surface area contributed by atoms with Gasteiger partial charge in [-0.25, -0.2) is 4.98 Å². The van der Waals surface area contributed by atoms with Crippen molar-refractivity contribution in [3.63, 3.8) is 0 Å². The quantitative estimate of drug-likeness (QED) is 0.605. The maximum absolute atomic E-state index is 13.5. The van der Waals surface area contributed by atoms with Crippen LogP contribution in [0.1, 0.15) is 66.9 Å². The highest BCUT2D eigenvalue weighted by molar-refractivity contribution is 5.95. The average Bonchev–Trinajstić information content (AvgIpc) is 3.32. The number of imidazole rings is 1. The molecule has 8 heteroatoms. The molecule has 6 rings (SSSR count). The SMILES string of the molecule is COCCN(C(=O)c1cn2c(C(=O)NC[C@@H]3CC[C@H]4C[C@@H]3C4(C)C)cccc2n1)C1CCNCC1. The maximum Gasteiger partial charge on any atom is 0.274 e. The van der Waals surface area contributed by atoms with E-state index in [4.69, 9.17) is 4.74 Å². The van der Waals surface area contributed by atoms with E-state index in [0.717, 1.165) is 31.8 Å². The van der Waals surface area contributed by atoms with E-state index in [0.29, 0.717) is 54.0 Å². The van der Waals surface area contributed by atoms with Gasteiger partial charge in [0.15, 0.2) is 0 Å². The van der Waals surface area contributed by atoms with Gasteiger partial charge in [0.2, 0.25) is 0 Å². The van der Waals surface area contributed by atoms with Crippen LogP contribution in [0.4, 0.5) is 0 Å². The van der Waals surface area contributed by atoms with Crippen molar-refractivity contribution >= 4 is 17.5 Å². The van der Waals surface area contributed by atoms with Gasteiger partial charge in [-0.3, -0.25) is 14.0 Å². The van der Waals surface area contributed by atoms with Gasteiger partial charge in [0, 0.05) is 32.4 Å². The van der Waals surface area contributed by atoms with Crippen LogP contribution in [0, 0.1) is 23.2 Å². The van der Waals surface area contributed by atoms with Crippen LogP contribution in [-0.2, 0) is 4.74 Å². The molecule has 2 bridgehead atoms. The van der Waals surface area contributed by atoms with E-state index in [-0.39, 0.29) is 17.9 Å². The van der Waals surface area contributed by atoms with E-state index < -0.39 is 0 Å². The molecule has 2 aromatic rings. The van der Waals surface area contributed by atoms with Gasteiger partial charge in [-0.15, -0.1) is 0 Å². The molecule has 3 aliphatic carbocycles. The topological polar surface area (TPSA) is 88.0 Å². The number of hydrogen-bond donors (Lipinski definition) is 2. The highest BCUT2D eigenvalue weighted by Gasteiger charge is 2.53. The fraction of sp³-hybridized carbons (Fsp3) is 0.667. The molecule has 2 N–H and O–H groups in total. The lowest BCUT2D eigenvalue weighted by Crippen LogP contribution is -2.54. The Kier molecular flexibility index (Phi) is 6.86. The van der Waals surface area contributed by atoms with Crippen LogP contribution in [0.5, 0.6) is 0 Å². The Hall–Kier alpha value is -2.45. The van der Waals surface area contributed by atoms with Gasteiger partial charge in [0.1, 0.15) is 17.0 Å². The molecule has 3 heterocycles. The summed E-state index contributed by atoms with van der Waals surface area (Å²) in [5.74, 6) is 1.87. The molecule has 0 aromatic carbocycles. The fourth-order valence-corrected chi connectivity index (χ4v) is 6.73. The van der Waals surface area contributed by atoms with Crippen molar-refractivity contribution in [3.8, 4) is 0 Å². The smallest absolute Gasteiger partial charge is 0.274 e. The molecule has 2 amide bonds. The zero-order chi connectivity index (χ0) is 24.6. The minimum absolute atomic E-state index is 0.104. The summed E-state index contributed by atoms with van der Waals surface area (Å²) in [6, 6.07) is 5.65. The third-order valence-electron chi connectivity index (χ3n) is 9.02. The molecule has 3 atom stereocenters. The Morgan fingerprint density at radius 2 is 2.03 bits per heavy atom. The number of hydrogen-bond acceptors (Lipinski definition) is 5. The standard InChI is InChI=1S/C27H39N5O3/c1-27(2)19-8-7-18(21(27)15-19)16-29-25(33)23-5-4-6-24-30-22(17-32(23)24)26(34)31(13-14-35-3)20-9-11-28-12-10-20/h4-6,17-21,28H,7-16H2,1-3H3,(H,29,33)/t18-,19-,21-/m0/s1. The van der Waals surface area contributed by atoms with Gasteiger partial charge in [0.05, 0.1) is 6.61 Å². The molecule has 3 saturated carbocycles. The van der Waals surface area contributed by atoms with Crippen LogP contribution < -0.4 is 10.6 Å². The van der Waals surface area contributed by atoms with Crippen LogP contribution in [0.25, 0.3) is 5.65 Å². The Labute approximate surface area is 207 Å². The van der Waals surface area contributed by atoms with Crippen molar-refractivity contribution in [1.29, 1.82) is 0 Å². The number of carbonyl (C=O) groups excluding carboxylic acids is 2. The molecule has 1 aliphatic heterocycles. The van der Waals surface area contributed by atoms with Gasteiger partial charge >= 0.3 is 0 Å². The van der Waals surface area contributed by atoms with Crippen molar-refractivity contribution in [2.45, 2.75) is 52.0 Å². The second-order valence-corrected chi connectivity index (χ2v) is 11.1. The minimum atomic E-state index is -0.110. The highest BCUT2D eigenvalue weighted by atomic mass is 16.5. The second kappa shape index (κ2) is 9.90. The summed E-state index contributed by atoms with van der Waals surface area (Å²) < 4.78 is 7.02. The molecule has 8 nitrogen and oxygen atoms in total. The summed E-state index contributed by atoms with van der Waals surface area (Å²) in [5, 5.41) is 6.55. The number of rotatable bonds is 8. The van der Waals surface area contributed by atoms with E-state index in [1.807, 2.05) is 17.0 Å². The molecule has 0 unspecified atom stereocenters. The predicted octanol–water partition coefficient (Wildman–Crippen LogP) is 2.98. The number of aromatic nitrogens is 2.